The van der Waals surface area contributed by atoms with E-state index in [1.807, 2.05) is 4.90 Å². The third kappa shape index (κ3) is 5.49. The highest BCUT2D eigenvalue weighted by Gasteiger charge is 2.19. The second-order valence-electron chi connectivity index (χ2n) is 8.28. The van der Waals surface area contributed by atoms with Crippen molar-refractivity contribution in [2.24, 2.45) is 4.99 Å². The van der Waals surface area contributed by atoms with E-state index in [1.54, 1.807) is 7.05 Å². The summed E-state index contributed by atoms with van der Waals surface area (Å²) < 4.78 is 2.29. The average Bonchev–Trinajstić information content (AvgIpc) is 3.25. The zero-order valence-electron chi connectivity index (χ0n) is 18.9. The number of fused-ring (bicyclic) bond motifs is 2. The summed E-state index contributed by atoms with van der Waals surface area (Å²) in [6.07, 6.45) is 5.47. The van der Waals surface area contributed by atoms with Crippen LogP contribution in [0, 0.1) is 0 Å². The Balaban J connectivity index is 1.12. The number of rotatable bonds is 8. The summed E-state index contributed by atoms with van der Waals surface area (Å²) in [7, 11) is 1.78. The molecule has 0 saturated heterocycles. The summed E-state index contributed by atoms with van der Waals surface area (Å²) >= 11 is 0. The lowest BCUT2D eigenvalue weighted by Gasteiger charge is -2.29. The Morgan fingerprint density at radius 2 is 1.72 bits per heavy atom. The zero-order chi connectivity index (χ0) is 22.2. The summed E-state index contributed by atoms with van der Waals surface area (Å²) in [5, 5.41) is 7.98. The van der Waals surface area contributed by atoms with Crippen LogP contribution in [0.3, 0.4) is 0 Å². The molecular formula is C26H33N5O. The van der Waals surface area contributed by atoms with E-state index in [9.17, 15) is 4.79 Å². The molecule has 2 N–H and O–H groups in total. The molecule has 0 spiro atoms. The van der Waals surface area contributed by atoms with Crippen molar-refractivity contribution < 1.29 is 4.79 Å². The van der Waals surface area contributed by atoms with Gasteiger partial charge in [-0.15, -0.1) is 0 Å². The summed E-state index contributed by atoms with van der Waals surface area (Å²) in [5.74, 6) is 1.03. The van der Waals surface area contributed by atoms with Crippen molar-refractivity contribution in [3.63, 3.8) is 0 Å². The maximum Gasteiger partial charge on any atom is 0.222 e. The normalized spacial score (nSPS) is 13.8. The van der Waals surface area contributed by atoms with Gasteiger partial charge in [-0.3, -0.25) is 9.79 Å². The molecule has 2 aromatic carbocycles. The molecule has 0 atom stereocenters. The van der Waals surface area contributed by atoms with Gasteiger partial charge in [0.1, 0.15) is 0 Å². The molecule has 6 heteroatoms. The van der Waals surface area contributed by atoms with E-state index < -0.39 is 0 Å². The van der Waals surface area contributed by atoms with E-state index in [4.69, 9.17) is 0 Å². The molecule has 1 aliphatic heterocycles. The van der Waals surface area contributed by atoms with Gasteiger partial charge in [0.2, 0.25) is 5.91 Å². The number of para-hydroxylation sites is 1. The maximum atomic E-state index is 12.6. The van der Waals surface area contributed by atoms with Gasteiger partial charge in [-0.2, -0.15) is 0 Å². The minimum Gasteiger partial charge on any atom is -0.356 e. The number of nitrogens with zero attached hydrogens (tertiary/aromatic N) is 3. The molecule has 0 bridgehead atoms. The number of nitrogens with one attached hydrogen (secondary N) is 2. The van der Waals surface area contributed by atoms with Crippen molar-refractivity contribution in [3.8, 4) is 0 Å². The first-order valence-corrected chi connectivity index (χ1v) is 11.6. The number of hydrogen-bond donors (Lipinski definition) is 2. The van der Waals surface area contributed by atoms with Gasteiger partial charge in [-0.25, -0.2) is 0 Å². The third-order valence-electron chi connectivity index (χ3n) is 6.12. The topological polar surface area (TPSA) is 61.7 Å². The molecule has 2 heterocycles. The molecule has 3 aromatic rings. The monoisotopic (exact) mass is 431 g/mol. The number of hydrogen-bond acceptors (Lipinski definition) is 2. The molecule has 0 unspecified atom stereocenters. The lowest BCUT2D eigenvalue weighted by Crippen LogP contribution is -2.39. The van der Waals surface area contributed by atoms with Gasteiger partial charge in [0.05, 0.1) is 0 Å². The number of benzene rings is 2. The van der Waals surface area contributed by atoms with E-state index in [2.05, 4.69) is 81.0 Å². The van der Waals surface area contributed by atoms with Gasteiger partial charge in [0.15, 0.2) is 5.96 Å². The van der Waals surface area contributed by atoms with Crippen LogP contribution in [0.15, 0.2) is 65.8 Å². The van der Waals surface area contributed by atoms with Gasteiger partial charge >= 0.3 is 0 Å². The molecule has 1 aliphatic rings. The number of aliphatic imine (C=N–C) groups is 1. The Morgan fingerprint density at radius 1 is 0.969 bits per heavy atom. The van der Waals surface area contributed by atoms with Crippen molar-refractivity contribution in [2.75, 3.05) is 26.7 Å². The van der Waals surface area contributed by atoms with Crippen LogP contribution in [-0.4, -0.2) is 48.0 Å². The van der Waals surface area contributed by atoms with E-state index >= 15 is 0 Å². The number of carbonyl (C=O) groups is 1. The second-order valence-corrected chi connectivity index (χ2v) is 8.28. The standard InChI is InChI=1S/C26H33N5O/c1-27-26(29-16-7-17-30-18-14-22-9-4-5-11-24(22)30)28-15-6-12-25(32)31-19-13-21-8-2-3-10-23(21)20-31/h2-5,8-11,14,18H,6-7,12-13,15-17,19-20H2,1H3,(H2,27,28,29). The van der Waals surface area contributed by atoms with E-state index in [0.717, 1.165) is 57.9 Å². The highest BCUT2D eigenvalue weighted by Crippen LogP contribution is 2.19. The fourth-order valence-corrected chi connectivity index (χ4v) is 4.33. The van der Waals surface area contributed by atoms with Crippen LogP contribution in [-0.2, 0) is 24.3 Å². The number of carbonyl (C=O) groups excluding carboxylic acids is 1. The molecule has 0 saturated carbocycles. The average molecular weight is 432 g/mol. The highest BCUT2D eigenvalue weighted by molar-refractivity contribution is 5.80. The molecule has 0 fully saturated rings. The Bertz CT molecular complexity index is 1070. The first-order chi connectivity index (χ1) is 15.7. The van der Waals surface area contributed by atoms with Crippen LogP contribution in [0.5, 0.6) is 0 Å². The van der Waals surface area contributed by atoms with Gasteiger partial charge in [0.25, 0.3) is 0 Å². The Hall–Kier alpha value is -3.28. The van der Waals surface area contributed by atoms with Crippen LogP contribution in [0.4, 0.5) is 0 Å². The summed E-state index contributed by atoms with van der Waals surface area (Å²) in [5.41, 5.74) is 3.93. The molecule has 168 valence electrons. The molecular weight excluding hydrogens is 398 g/mol. The molecule has 1 aromatic heterocycles. The number of aryl methyl sites for hydroxylation is 1. The number of aromatic nitrogens is 1. The molecule has 1 amide bonds. The zero-order valence-corrected chi connectivity index (χ0v) is 18.9. The Kier molecular flexibility index (Phi) is 7.43. The number of amides is 1. The van der Waals surface area contributed by atoms with Crippen molar-refractivity contribution in [1.29, 1.82) is 0 Å². The van der Waals surface area contributed by atoms with E-state index in [0.29, 0.717) is 6.42 Å². The lowest BCUT2D eigenvalue weighted by atomic mass is 9.99. The highest BCUT2D eigenvalue weighted by atomic mass is 16.2. The SMILES string of the molecule is CN=C(NCCCC(=O)N1CCc2ccccc2C1)NCCCn1ccc2ccccc21. The molecule has 32 heavy (non-hydrogen) atoms. The van der Waals surface area contributed by atoms with E-state index in [-0.39, 0.29) is 5.91 Å². The van der Waals surface area contributed by atoms with Crippen LogP contribution in [0.1, 0.15) is 30.4 Å². The summed E-state index contributed by atoms with van der Waals surface area (Å²) in [6, 6.07) is 19.0. The summed E-state index contributed by atoms with van der Waals surface area (Å²) in [4.78, 5) is 18.9. The summed E-state index contributed by atoms with van der Waals surface area (Å²) in [6.45, 7) is 4.10. The predicted octanol–water partition coefficient (Wildman–Crippen LogP) is 3.56. The Labute approximate surface area is 190 Å². The van der Waals surface area contributed by atoms with Crippen LogP contribution in [0.2, 0.25) is 0 Å². The van der Waals surface area contributed by atoms with Crippen molar-refractivity contribution in [3.05, 3.63) is 71.9 Å². The van der Waals surface area contributed by atoms with Gasteiger partial charge in [-0.05, 0) is 47.9 Å². The predicted molar refractivity (Wildman–Crippen MR) is 131 cm³/mol. The minimum absolute atomic E-state index is 0.239. The van der Waals surface area contributed by atoms with Gasteiger partial charge in [0, 0.05) is 57.9 Å². The molecule has 0 radical (unpaired) electrons. The lowest BCUT2D eigenvalue weighted by molar-refractivity contribution is -0.132. The van der Waals surface area contributed by atoms with Gasteiger partial charge in [-0.1, -0.05) is 42.5 Å². The molecule has 4 rings (SSSR count). The van der Waals surface area contributed by atoms with Crippen LogP contribution >= 0.6 is 0 Å². The quantitative estimate of drug-likeness (QED) is 0.326. The number of guanidine groups is 1. The Morgan fingerprint density at radius 3 is 2.56 bits per heavy atom. The molecule has 6 nitrogen and oxygen atoms in total. The minimum atomic E-state index is 0.239. The molecule has 0 aliphatic carbocycles. The fourth-order valence-electron chi connectivity index (χ4n) is 4.33. The fraction of sp³-hybridized carbons (Fsp3) is 0.385. The first kappa shape index (κ1) is 21.9. The first-order valence-electron chi connectivity index (χ1n) is 11.6. The van der Waals surface area contributed by atoms with E-state index in [1.165, 1.54) is 22.0 Å². The third-order valence-corrected chi connectivity index (χ3v) is 6.12. The van der Waals surface area contributed by atoms with Crippen molar-refractivity contribution >= 4 is 22.8 Å². The largest absolute Gasteiger partial charge is 0.356 e. The smallest absolute Gasteiger partial charge is 0.222 e. The van der Waals surface area contributed by atoms with Crippen LogP contribution < -0.4 is 10.6 Å². The maximum absolute atomic E-state index is 12.6. The van der Waals surface area contributed by atoms with Crippen molar-refractivity contribution in [1.82, 2.24) is 20.1 Å². The van der Waals surface area contributed by atoms with Crippen LogP contribution in [0.25, 0.3) is 10.9 Å². The van der Waals surface area contributed by atoms with Gasteiger partial charge < -0.3 is 20.1 Å². The second kappa shape index (κ2) is 10.8. The van der Waals surface area contributed by atoms with Crippen molar-refractivity contribution in [2.45, 2.75) is 38.8 Å².